The molecule has 5 rings (SSSR count). The van der Waals surface area contributed by atoms with Crippen molar-refractivity contribution in [3.8, 4) is 0 Å². The summed E-state index contributed by atoms with van der Waals surface area (Å²) in [6.07, 6.45) is 5.82. The highest BCUT2D eigenvalue weighted by molar-refractivity contribution is 5.99. The van der Waals surface area contributed by atoms with Crippen LogP contribution in [0.5, 0.6) is 0 Å². The fourth-order valence-electron chi connectivity index (χ4n) is 6.44. The lowest BCUT2D eigenvalue weighted by molar-refractivity contribution is -0.142. The second kappa shape index (κ2) is 12.5. The molecule has 1 fully saturated rings. The second-order valence-electron chi connectivity index (χ2n) is 11.1. The van der Waals surface area contributed by atoms with Gasteiger partial charge >= 0.3 is 0 Å². The molecule has 0 radical (unpaired) electrons. The molecule has 1 aromatic heterocycles. The molecule has 0 unspecified atom stereocenters. The number of benzene rings is 3. The average molecular weight is 549 g/mol. The van der Waals surface area contributed by atoms with Gasteiger partial charge in [0.15, 0.2) is 0 Å². The molecule has 0 bridgehead atoms. The van der Waals surface area contributed by atoms with Gasteiger partial charge in [-0.25, -0.2) is 4.98 Å². The summed E-state index contributed by atoms with van der Waals surface area (Å²) in [5.74, 6) is -0.898. The fourth-order valence-corrected chi connectivity index (χ4v) is 6.44. The van der Waals surface area contributed by atoms with Crippen molar-refractivity contribution < 1.29 is 9.59 Å². The van der Waals surface area contributed by atoms with Crippen molar-refractivity contribution in [1.29, 1.82) is 0 Å². The van der Waals surface area contributed by atoms with Gasteiger partial charge in [0.2, 0.25) is 11.8 Å². The first-order chi connectivity index (χ1) is 20.0. The van der Waals surface area contributed by atoms with Crippen molar-refractivity contribution in [2.24, 2.45) is 17.6 Å². The van der Waals surface area contributed by atoms with E-state index in [1.807, 2.05) is 29.4 Å². The summed E-state index contributed by atoms with van der Waals surface area (Å²) in [5, 5.41) is 0. The number of aryl methyl sites for hydroxylation is 1. The highest BCUT2D eigenvalue weighted by Gasteiger charge is 2.40. The van der Waals surface area contributed by atoms with E-state index in [4.69, 9.17) is 10.7 Å². The summed E-state index contributed by atoms with van der Waals surface area (Å²) in [6, 6.07) is 31.4. The number of aromatic nitrogens is 2. The molecule has 1 aliphatic rings. The van der Waals surface area contributed by atoms with Crippen LogP contribution in [0.25, 0.3) is 0 Å². The molecule has 1 atom stereocenters. The van der Waals surface area contributed by atoms with E-state index in [9.17, 15) is 9.59 Å². The zero-order valence-corrected chi connectivity index (χ0v) is 24.1. The first-order valence-corrected chi connectivity index (χ1v) is 14.7. The number of likely N-dealkylation sites (tertiary alicyclic amines) is 1. The Morgan fingerprint density at radius 3 is 1.80 bits per heavy atom. The van der Waals surface area contributed by atoms with E-state index in [1.165, 1.54) is 0 Å². The number of imidazole rings is 1. The van der Waals surface area contributed by atoms with Gasteiger partial charge in [-0.15, -0.1) is 0 Å². The zero-order chi connectivity index (χ0) is 28.8. The molecule has 1 aliphatic heterocycles. The van der Waals surface area contributed by atoms with Gasteiger partial charge in [-0.3, -0.25) is 9.59 Å². The molecule has 2 heterocycles. The number of rotatable bonds is 10. The number of nitrogens with zero attached hydrogens (tertiary/aromatic N) is 3. The van der Waals surface area contributed by atoms with Crippen molar-refractivity contribution in [3.05, 3.63) is 125 Å². The van der Waals surface area contributed by atoms with Gasteiger partial charge in [-0.2, -0.15) is 0 Å². The molecule has 2 amide bonds. The van der Waals surface area contributed by atoms with E-state index in [1.54, 1.807) is 0 Å². The highest BCUT2D eigenvalue weighted by atomic mass is 16.2. The lowest BCUT2D eigenvalue weighted by Gasteiger charge is -2.38. The molecule has 4 aromatic rings. The molecule has 6 heteroatoms. The van der Waals surface area contributed by atoms with Gasteiger partial charge in [0.25, 0.3) is 0 Å². The fraction of sp³-hybridized carbons (Fsp3) is 0.343. The van der Waals surface area contributed by atoms with Crippen molar-refractivity contribution >= 4 is 11.8 Å². The van der Waals surface area contributed by atoms with Crippen LogP contribution in [0.1, 0.15) is 60.7 Å². The Bertz CT molecular complexity index is 1340. The third-order valence-corrected chi connectivity index (χ3v) is 8.86. The Hall–Kier alpha value is -4.19. The summed E-state index contributed by atoms with van der Waals surface area (Å²) in [6.45, 7) is 5.66. The molecule has 0 spiro atoms. The van der Waals surface area contributed by atoms with Gasteiger partial charge in [0, 0.05) is 18.8 Å². The van der Waals surface area contributed by atoms with Crippen LogP contribution in [-0.2, 0) is 21.5 Å². The standard InChI is InChI=1S/C35H40N4O2/c1-3-27-21-23-38(24-22-27)34(41)31(33(36)40)19-20-32-26(2)39(25-37-32)35(28-13-7-4-8-14-28,29-15-9-5-10-16-29)30-17-11-6-12-18-30/h4-18,25,27,31H,3,19-24H2,1-2H3,(H2,36,40)/t31-/m0/s1. The molecule has 2 N–H and O–H groups in total. The van der Waals surface area contributed by atoms with E-state index in [0.29, 0.717) is 31.8 Å². The lowest BCUT2D eigenvalue weighted by Crippen LogP contribution is -2.45. The normalized spacial score (nSPS) is 15.0. The molecular formula is C35H40N4O2. The number of carbonyl (C=O) groups excluding carboxylic acids is 2. The van der Waals surface area contributed by atoms with Crippen LogP contribution in [-0.4, -0.2) is 39.4 Å². The highest BCUT2D eigenvalue weighted by Crippen LogP contribution is 2.42. The van der Waals surface area contributed by atoms with E-state index in [-0.39, 0.29) is 5.91 Å². The van der Waals surface area contributed by atoms with Gasteiger partial charge in [0.1, 0.15) is 11.5 Å². The Kier molecular flexibility index (Phi) is 8.67. The van der Waals surface area contributed by atoms with Crippen LogP contribution in [0, 0.1) is 18.8 Å². The van der Waals surface area contributed by atoms with Gasteiger partial charge in [-0.05, 0) is 55.2 Å². The van der Waals surface area contributed by atoms with Gasteiger partial charge in [0.05, 0.1) is 12.0 Å². The number of hydrogen-bond donors (Lipinski definition) is 1. The molecule has 6 nitrogen and oxygen atoms in total. The molecule has 1 saturated heterocycles. The summed E-state index contributed by atoms with van der Waals surface area (Å²) in [7, 11) is 0. The zero-order valence-electron chi connectivity index (χ0n) is 24.1. The quantitative estimate of drug-likeness (QED) is 0.203. The predicted octanol–water partition coefficient (Wildman–Crippen LogP) is 5.71. The van der Waals surface area contributed by atoms with Crippen LogP contribution in [0.2, 0.25) is 0 Å². The topological polar surface area (TPSA) is 81.2 Å². The van der Waals surface area contributed by atoms with E-state index in [2.05, 4.69) is 91.2 Å². The minimum absolute atomic E-state index is 0.142. The van der Waals surface area contributed by atoms with E-state index < -0.39 is 17.4 Å². The number of carbonyl (C=O) groups is 2. The summed E-state index contributed by atoms with van der Waals surface area (Å²) < 4.78 is 2.24. The second-order valence-corrected chi connectivity index (χ2v) is 11.1. The van der Waals surface area contributed by atoms with Crippen molar-refractivity contribution in [1.82, 2.24) is 14.5 Å². The number of amides is 2. The molecule has 3 aromatic carbocycles. The third kappa shape index (κ3) is 5.56. The SMILES string of the molecule is CCC1CCN(C(=O)[C@@H](CCc2ncn(C(c3ccccc3)(c3ccccc3)c3ccccc3)c2C)C(N)=O)CC1. The minimum atomic E-state index is -0.847. The third-order valence-electron chi connectivity index (χ3n) is 8.86. The predicted molar refractivity (Wildman–Crippen MR) is 162 cm³/mol. The van der Waals surface area contributed by atoms with Crippen LogP contribution in [0.4, 0.5) is 0 Å². The monoisotopic (exact) mass is 548 g/mol. The maximum Gasteiger partial charge on any atom is 0.235 e. The summed E-state index contributed by atoms with van der Waals surface area (Å²) in [4.78, 5) is 32.5. The van der Waals surface area contributed by atoms with Crippen molar-refractivity contribution in [2.45, 2.75) is 51.5 Å². The Morgan fingerprint density at radius 2 is 1.37 bits per heavy atom. The largest absolute Gasteiger partial charge is 0.369 e. The Morgan fingerprint density at radius 1 is 0.878 bits per heavy atom. The van der Waals surface area contributed by atoms with Gasteiger partial charge < -0.3 is 15.2 Å². The molecule has 0 saturated carbocycles. The average Bonchev–Trinajstić information content (AvgIpc) is 3.39. The molecular weight excluding hydrogens is 508 g/mol. The Labute approximate surface area is 243 Å². The number of piperidine rings is 1. The van der Waals surface area contributed by atoms with Crippen LogP contribution >= 0.6 is 0 Å². The summed E-state index contributed by atoms with van der Waals surface area (Å²) in [5.41, 5.74) is 10.3. The molecule has 0 aliphatic carbocycles. The molecule has 212 valence electrons. The van der Waals surface area contributed by atoms with E-state index >= 15 is 0 Å². The van der Waals surface area contributed by atoms with Crippen LogP contribution in [0.15, 0.2) is 97.3 Å². The maximum atomic E-state index is 13.4. The van der Waals surface area contributed by atoms with Crippen molar-refractivity contribution in [2.75, 3.05) is 13.1 Å². The Balaban J connectivity index is 1.50. The van der Waals surface area contributed by atoms with Crippen LogP contribution < -0.4 is 5.73 Å². The maximum absolute atomic E-state index is 13.4. The summed E-state index contributed by atoms with van der Waals surface area (Å²) >= 11 is 0. The van der Waals surface area contributed by atoms with E-state index in [0.717, 1.165) is 47.3 Å². The first kappa shape index (κ1) is 28.3. The van der Waals surface area contributed by atoms with Gasteiger partial charge in [-0.1, -0.05) is 104 Å². The number of nitrogens with two attached hydrogens (primary N) is 1. The first-order valence-electron chi connectivity index (χ1n) is 14.7. The number of hydrogen-bond acceptors (Lipinski definition) is 3. The van der Waals surface area contributed by atoms with Crippen LogP contribution in [0.3, 0.4) is 0 Å². The lowest BCUT2D eigenvalue weighted by atomic mass is 9.76. The smallest absolute Gasteiger partial charge is 0.235 e. The van der Waals surface area contributed by atoms with Crippen molar-refractivity contribution in [3.63, 3.8) is 0 Å². The number of primary amides is 1. The molecule has 41 heavy (non-hydrogen) atoms. The minimum Gasteiger partial charge on any atom is -0.369 e.